The second kappa shape index (κ2) is 6.92. The minimum atomic E-state index is 0.258. The average Bonchev–Trinajstić information content (AvgIpc) is 2.31. The number of nitrogens with zero attached hydrogens (tertiary/aromatic N) is 2. The minimum Gasteiger partial charge on any atom is -0.368 e. The van der Waals surface area contributed by atoms with Gasteiger partial charge in [0.05, 0.1) is 4.47 Å². The van der Waals surface area contributed by atoms with Crippen LogP contribution in [0.2, 0.25) is 0 Å². The maximum atomic E-state index is 5.58. The topological polar surface area (TPSA) is 63.8 Å². The van der Waals surface area contributed by atoms with Crippen molar-refractivity contribution >= 4 is 27.7 Å². The molecule has 0 aromatic carbocycles. The molecule has 4 nitrogen and oxygen atoms in total. The molecule has 0 aliphatic heterocycles. The van der Waals surface area contributed by atoms with Crippen molar-refractivity contribution in [2.24, 2.45) is 5.41 Å². The molecule has 0 saturated carbocycles. The first-order valence-electron chi connectivity index (χ1n) is 6.46. The molecule has 0 unspecified atom stereocenters. The summed E-state index contributed by atoms with van der Waals surface area (Å²) in [7, 11) is 0. The second-order valence-electron chi connectivity index (χ2n) is 5.40. The predicted octanol–water partition coefficient (Wildman–Crippen LogP) is 3.84. The molecular formula is C13H23BrN4. The van der Waals surface area contributed by atoms with Crippen molar-refractivity contribution in [1.29, 1.82) is 0 Å². The van der Waals surface area contributed by atoms with E-state index in [0.717, 1.165) is 16.8 Å². The molecule has 18 heavy (non-hydrogen) atoms. The van der Waals surface area contributed by atoms with Crippen molar-refractivity contribution in [1.82, 2.24) is 9.97 Å². The summed E-state index contributed by atoms with van der Waals surface area (Å²) in [6, 6.07) is 0. The summed E-state index contributed by atoms with van der Waals surface area (Å²) < 4.78 is 0.848. The molecule has 0 aliphatic carbocycles. The van der Waals surface area contributed by atoms with E-state index in [-0.39, 0.29) is 5.41 Å². The highest BCUT2D eigenvalue weighted by Crippen LogP contribution is 2.26. The molecule has 1 aromatic rings. The van der Waals surface area contributed by atoms with Gasteiger partial charge in [0.15, 0.2) is 0 Å². The van der Waals surface area contributed by atoms with Crippen LogP contribution in [0.3, 0.4) is 0 Å². The number of nitrogen functional groups attached to an aromatic ring is 1. The Morgan fingerprint density at radius 2 is 2.11 bits per heavy atom. The van der Waals surface area contributed by atoms with Gasteiger partial charge >= 0.3 is 0 Å². The zero-order chi connectivity index (χ0) is 13.6. The monoisotopic (exact) mass is 314 g/mol. The number of rotatable bonds is 7. The van der Waals surface area contributed by atoms with E-state index < -0.39 is 0 Å². The van der Waals surface area contributed by atoms with E-state index in [2.05, 4.69) is 52.0 Å². The van der Waals surface area contributed by atoms with E-state index in [1.807, 2.05) is 0 Å². The first-order valence-corrected chi connectivity index (χ1v) is 7.26. The van der Waals surface area contributed by atoms with Crippen LogP contribution in [0.15, 0.2) is 10.7 Å². The molecule has 0 aliphatic rings. The Kier molecular flexibility index (Phi) is 5.85. The molecule has 1 rings (SSSR count). The zero-order valence-corrected chi connectivity index (χ0v) is 13.0. The zero-order valence-electron chi connectivity index (χ0n) is 11.5. The quantitative estimate of drug-likeness (QED) is 0.750. The molecule has 0 amide bonds. The number of hydrogen-bond donors (Lipinski definition) is 2. The van der Waals surface area contributed by atoms with Crippen molar-refractivity contribution in [2.75, 3.05) is 17.6 Å². The second-order valence-corrected chi connectivity index (χ2v) is 6.25. The van der Waals surface area contributed by atoms with Crippen LogP contribution in [0.5, 0.6) is 0 Å². The van der Waals surface area contributed by atoms with Crippen molar-refractivity contribution < 1.29 is 0 Å². The number of halogens is 1. The molecule has 1 aromatic heterocycles. The largest absolute Gasteiger partial charge is 0.368 e. The fourth-order valence-corrected chi connectivity index (χ4v) is 2.10. The van der Waals surface area contributed by atoms with E-state index >= 15 is 0 Å². The van der Waals surface area contributed by atoms with Gasteiger partial charge in [0, 0.05) is 12.7 Å². The van der Waals surface area contributed by atoms with Crippen molar-refractivity contribution in [3.63, 3.8) is 0 Å². The third kappa shape index (κ3) is 5.21. The van der Waals surface area contributed by atoms with E-state index in [0.29, 0.717) is 5.95 Å². The number of aromatic nitrogens is 2. The maximum absolute atomic E-state index is 5.58. The minimum absolute atomic E-state index is 0.258. The van der Waals surface area contributed by atoms with Gasteiger partial charge in [-0.25, -0.2) is 4.98 Å². The molecular weight excluding hydrogens is 292 g/mol. The predicted molar refractivity (Wildman–Crippen MR) is 80.6 cm³/mol. The lowest BCUT2D eigenvalue weighted by Gasteiger charge is -2.25. The summed E-state index contributed by atoms with van der Waals surface area (Å²) >= 11 is 3.42. The number of hydrogen-bond acceptors (Lipinski definition) is 4. The van der Waals surface area contributed by atoms with Gasteiger partial charge in [0.1, 0.15) is 5.82 Å². The normalized spacial score (nSPS) is 11.6. The Morgan fingerprint density at radius 1 is 1.39 bits per heavy atom. The van der Waals surface area contributed by atoms with Crippen LogP contribution in [0.1, 0.15) is 46.5 Å². The van der Waals surface area contributed by atoms with Crippen LogP contribution in [-0.4, -0.2) is 16.5 Å². The summed E-state index contributed by atoms with van der Waals surface area (Å²) in [5, 5.41) is 3.34. The van der Waals surface area contributed by atoms with Gasteiger partial charge in [0.25, 0.3) is 0 Å². The highest BCUT2D eigenvalue weighted by Gasteiger charge is 2.17. The van der Waals surface area contributed by atoms with Gasteiger partial charge in [-0.1, -0.05) is 40.0 Å². The number of nitrogens with two attached hydrogens (primary N) is 1. The third-order valence-electron chi connectivity index (χ3n) is 2.95. The number of unbranched alkanes of at least 4 members (excludes halogenated alkanes) is 2. The lowest BCUT2D eigenvalue weighted by atomic mass is 9.87. The first-order chi connectivity index (χ1) is 8.44. The number of anilines is 2. The van der Waals surface area contributed by atoms with Crippen molar-refractivity contribution in [3.8, 4) is 0 Å². The van der Waals surface area contributed by atoms with Crippen LogP contribution in [0.4, 0.5) is 11.8 Å². The summed E-state index contributed by atoms with van der Waals surface area (Å²) in [5.74, 6) is 1.07. The average molecular weight is 315 g/mol. The Morgan fingerprint density at radius 3 is 2.78 bits per heavy atom. The van der Waals surface area contributed by atoms with E-state index in [9.17, 15) is 0 Å². The fourth-order valence-electron chi connectivity index (χ4n) is 1.77. The van der Waals surface area contributed by atoms with Crippen LogP contribution >= 0.6 is 15.9 Å². The van der Waals surface area contributed by atoms with Crippen molar-refractivity contribution in [3.05, 3.63) is 10.7 Å². The summed E-state index contributed by atoms with van der Waals surface area (Å²) in [5.41, 5.74) is 5.84. The lowest BCUT2D eigenvalue weighted by Crippen LogP contribution is -2.23. The van der Waals surface area contributed by atoms with Crippen molar-refractivity contribution in [2.45, 2.75) is 46.5 Å². The van der Waals surface area contributed by atoms with Crippen LogP contribution in [0.25, 0.3) is 0 Å². The Labute approximate surface area is 118 Å². The van der Waals surface area contributed by atoms with Gasteiger partial charge in [-0.3, -0.25) is 0 Å². The molecule has 3 N–H and O–H groups in total. The highest BCUT2D eigenvalue weighted by atomic mass is 79.9. The fraction of sp³-hybridized carbons (Fsp3) is 0.692. The molecule has 0 fully saturated rings. The van der Waals surface area contributed by atoms with E-state index in [4.69, 9.17) is 5.73 Å². The maximum Gasteiger partial charge on any atom is 0.221 e. The van der Waals surface area contributed by atoms with Gasteiger partial charge in [-0.2, -0.15) is 4.98 Å². The molecule has 1 heterocycles. The van der Waals surface area contributed by atoms with Gasteiger partial charge in [0.2, 0.25) is 5.95 Å². The summed E-state index contributed by atoms with van der Waals surface area (Å²) in [4.78, 5) is 8.11. The highest BCUT2D eigenvalue weighted by molar-refractivity contribution is 9.10. The first kappa shape index (κ1) is 15.2. The smallest absolute Gasteiger partial charge is 0.221 e. The number of nitrogens with one attached hydrogen (secondary N) is 1. The van der Waals surface area contributed by atoms with E-state index in [1.165, 1.54) is 25.7 Å². The molecule has 0 bridgehead atoms. The Hall–Kier alpha value is -0.840. The standard InChI is InChI=1S/C13H23BrN4/c1-4-5-6-7-13(2,3)9-17-11-10(14)8-16-12(15)18-11/h8H,4-7,9H2,1-3H3,(H3,15,16,17,18). The molecule has 0 radical (unpaired) electrons. The molecule has 102 valence electrons. The van der Waals surface area contributed by atoms with Gasteiger partial charge < -0.3 is 11.1 Å². The SMILES string of the molecule is CCCCCC(C)(C)CNc1nc(N)ncc1Br. The van der Waals surface area contributed by atoms with Gasteiger partial charge in [-0.05, 0) is 27.8 Å². The molecule has 0 spiro atoms. The van der Waals surface area contributed by atoms with Crippen LogP contribution in [-0.2, 0) is 0 Å². The Balaban J connectivity index is 2.50. The van der Waals surface area contributed by atoms with Crippen LogP contribution < -0.4 is 11.1 Å². The van der Waals surface area contributed by atoms with Gasteiger partial charge in [-0.15, -0.1) is 0 Å². The molecule has 0 atom stereocenters. The lowest BCUT2D eigenvalue weighted by molar-refractivity contribution is 0.342. The summed E-state index contributed by atoms with van der Waals surface area (Å²) in [6.45, 7) is 7.65. The third-order valence-corrected chi connectivity index (χ3v) is 3.53. The van der Waals surface area contributed by atoms with Crippen LogP contribution in [0, 0.1) is 5.41 Å². The summed E-state index contributed by atoms with van der Waals surface area (Å²) in [6.07, 6.45) is 6.73. The molecule has 0 saturated heterocycles. The Bertz CT molecular complexity index is 379. The van der Waals surface area contributed by atoms with E-state index in [1.54, 1.807) is 6.20 Å². The molecule has 5 heteroatoms.